The van der Waals surface area contributed by atoms with Crippen LogP contribution in [0.2, 0.25) is 0 Å². The summed E-state index contributed by atoms with van der Waals surface area (Å²) >= 11 is 0. The van der Waals surface area contributed by atoms with Crippen LogP contribution in [-0.4, -0.2) is 21.9 Å². The Bertz CT molecular complexity index is 793. The van der Waals surface area contributed by atoms with Crippen molar-refractivity contribution in [1.29, 1.82) is 5.26 Å². The van der Waals surface area contributed by atoms with Gasteiger partial charge in [0.05, 0.1) is 19.9 Å². The molecule has 5 heteroatoms. The van der Waals surface area contributed by atoms with E-state index in [2.05, 4.69) is 16.3 Å². The molecule has 0 saturated carbocycles. The number of aromatic nitrogens is 3. The smallest absolute Gasteiger partial charge is 0.122 e. The van der Waals surface area contributed by atoms with Crippen LogP contribution in [0.4, 0.5) is 0 Å². The number of ether oxygens (including phenoxy) is 1. The Morgan fingerprint density at radius 3 is 2.95 bits per heavy atom. The zero-order valence-corrected chi connectivity index (χ0v) is 11.3. The standard InChI is InChI=1S/C15H14N4O/c1-10-13-5-12(6-16)19(9-11-7-17-18-8-11)14(13)3-4-15(10)20-2/h3-5,7-8H,9H2,1-2H3,(H,17,18). The molecule has 20 heavy (non-hydrogen) atoms. The number of hydrogen-bond donors (Lipinski definition) is 1. The Balaban J connectivity index is 2.20. The fraction of sp³-hybridized carbons (Fsp3) is 0.200. The molecule has 0 unspecified atom stereocenters. The molecule has 3 aromatic rings. The van der Waals surface area contributed by atoms with E-state index in [0.29, 0.717) is 12.2 Å². The Hall–Kier alpha value is -2.74. The van der Waals surface area contributed by atoms with Crippen molar-refractivity contribution in [1.82, 2.24) is 14.8 Å². The van der Waals surface area contributed by atoms with E-state index < -0.39 is 0 Å². The molecular formula is C15H14N4O. The molecule has 2 aromatic heterocycles. The summed E-state index contributed by atoms with van der Waals surface area (Å²) in [5.41, 5.74) is 3.75. The van der Waals surface area contributed by atoms with Gasteiger partial charge in [-0.2, -0.15) is 10.4 Å². The van der Waals surface area contributed by atoms with Gasteiger partial charge in [0.2, 0.25) is 0 Å². The molecule has 0 amide bonds. The highest BCUT2D eigenvalue weighted by Gasteiger charge is 2.13. The number of benzene rings is 1. The largest absolute Gasteiger partial charge is 0.496 e. The summed E-state index contributed by atoms with van der Waals surface area (Å²) in [5, 5.41) is 17.1. The third-order valence-corrected chi connectivity index (χ3v) is 3.53. The highest BCUT2D eigenvalue weighted by Crippen LogP contribution is 2.30. The van der Waals surface area contributed by atoms with E-state index in [4.69, 9.17) is 4.74 Å². The van der Waals surface area contributed by atoms with Crippen molar-refractivity contribution in [3.63, 3.8) is 0 Å². The lowest BCUT2D eigenvalue weighted by atomic mass is 10.1. The Morgan fingerprint density at radius 2 is 2.30 bits per heavy atom. The summed E-state index contributed by atoms with van der Waals surface area (Å²) in [7, 11) is 1.65. The maximum absolute atomic E-state index is 9.34. The summed E-state index contributed by atoms with van der Waals surface area (Å²) in [6.45, 7) is 2.62. The minimum atomic E-state index is 0.620. The van der Waals surface area contributed by atoms with Gasteiger partial charge < -0.3 is 9.30 Å². The summed E-state index contributed by atoms with van der Waals surface area (Å²) < 4.78 is 7.33. The van der Waals surface area contributed by atoms with Gasteiger partial charge in [0.15, 0.2) is 0 Å². The lowest BCUT2D eigenvalue weighted by molar-refractivity contribution is 0.412. The fourth-order valence-electron chi connectivity index (χ4n) is 2.49. The normalized spacial score (nSPS) is 10.7. The van der Waals surface area contributed by atoms with Crippen LogP contribution in [0.3, 0.4) is 0 Å². The van der Waals surface area contributed by atoms with Crippen molar-refractivity contribution in [2.45, 2.75) is 13.5 Å². The average Bonchev–Trinajstić information content (AvgIpc) is 3.08. The van der Waals surface area contributed by atoms with Crippen molar-refractivity contribution in [2.75, 3.05) is 7.11 Å². The van der Waals surface area contributed by atoms with Gasteiger partial charge in [-0.05, 0) is 25.1 Å². The second kappa shape index (κ2) is 4.74. The fourth-order valence-corrected chi connectivity index (χ4v) is 2.49. The average molecular weight is 266 g/mol. The van der Waals surface area contributed by atoms with Gasteiger partial charge in [-0.1, -0.05) is 0 Å². The topological polar surface area (TPSA) is 66.6 Å². The molecule has 1 N–H and O–H groups in total. The molecule has 0 spiro atoms. The van der Waals surface area contributed by atoms with Crippen LogP contribution in [0.1, 0.15) is 16.8 Å². The molecule has 0 aliphatic rings. The lowest BCUT2D eigenvalue weighted by Crippen LogP contribution is -2.01. The number of H-pyrrole nitrogens is 1. The van der Waals surface area contributed by atoms with Crippen molar-refractivity contribution in [3.05, 3.63) is 47.4 Å². The maximum atomic E-state index is 9.34. The van der Waals surface area contributed by atoms with Gasteiger partial charge in [-0.3, -0.25) is 5.10 Å². The van der Waals surface area contributed by atoms with Crippen molar-refractivity contribution >= 4 is 10.9 Å². The van der Waals surface area contributed by atoms with E-state index in [-0.39, 0.29) is 0 Å². The number of methoxy groups -OCH3 is 1. The number of hydrogen-bond acceptors (Lipinski definition) is 3. The first kappa shape index (κ1) is 12.3. The van der Waals surface area contributed by atoms with Crippen LogP contribution in [0.25, 0.3) is 10.9 Å². The van der Waals surface area contributed by atoms with Crippen LogP contribution in [0, 0.1) is 18.3 Å². The minimum absolute atomic E-state index is 0.620. The molecule has 0 radical (unpaired) electrons. The maximum Gasteiger partial charge on any atom is 0.122 e. The van der Waals surface area contributed by atoms with Gasteiger partial charge in [-0.25, -0.2) is 0 Å². The molecular weight excluding hydrogens is 252 g/mol. The number of rotatable bonds is 3. The number of aryl methyl sites for hydroxylation is 1. The second-order valence-electron chi connectivity index (χ2n) is 4.66. The summed E-state index contributed by atoms with van der Waals surface area (Å²) in [6, 6.07) is 8.09. The Morgan fingerprint density at radius 1 is 1.45 bits per heavy atom. The molecule has 0 fully saturated rings. The Labute approximate surface area is 116 Å². The van der Waals surface area contributed by atoms with E-state index in [9.17, 15) is 5.26 Å². The number of nitrogens with one attached hydrogen (secondary N) is 1. The van der Waals surface area contributed by atoms with Crippen LogP contribution in [0.5, 0.6) is 5.75 Å². The molecule has 0 saturated heterocycles. The number of aromatic amines is 1. The monoisotopic (exact) mass is 266 g/mol. The Kier molecular flexibility index (Phi) is 2.92. The van der Waals surface area contributed by atoms with E-state index >= 15 is 0 Å². The third-order valence-electron chi connectivity index (χ3n) is 3.53. The third kappa shape index (κ3) is 1.82. The molecule has 0 atom stereocenters. The zero-order valence-electron chi connectivity index (χ0n) is 11.3. The lowest BCUT2D eigenvalue weighted by Gasteiger charge is -2.08. The molecule has 0 bridgehead atoms. The predicted molar refractivity (Wildman–Crippen MR) is 75.6 cm³/mol. The highest BCUT2D eigenvalue weighted by molar-refractivity contribution is 5.87. The molecule has 0 aliphatic heterocycles. The van der Waals surface area contributed by atoms with Crippen molar-refractivity contribution in [3.8, 4) is 11.8 Å². The van der Waals surface area contributed by atoms with E-state index in [0.717, 1.165) is 27.8 Å². The molecule has 3 rings (SSSR count). The molecule has 100 valence electrons. The van der Waals surface area contributed by atoms with Crippen LogP contribution >= 0.6 is 0 Å². The number of nitrogens with zero attached hydrogens (tertiary/aromatic N) is 3. The SMILES string of the molecule is COc1ccc2c(cc(C#N)n2Cc2cn[nH]c2)c1C. The highest BCUT2D eigenvalue weighted by atomic mass is 16.5. The van der Waals surface area contributed by atoms with Gasteiger partial charge in [-0.15, -0.1) is 0 Å². The predicted octanol–water partition coefficient (Wildman–Crippen LogP) is 2.60. The first-order valence-electron chi connectivity index (χ1n) is 6.29. The first-order valence-corrected chi connectivity index (χ1v) is 6.29. The molecule has 0 aliphatic carbocycles. The number of fused-ring (bicyclic) bond motifs is 1. The first-order chi connectivity index (χ1) is 9.74. The molecule has 5 nitrogen and oxygen atoms in total. The van der Waals surface area contributed by atoms with E-state index in [1.807, 2.05) is 35.9 Å². The van der Waals surface area contributed by atoms with Crippen LogP contribution in [-0.2, 0) is 6.54 Å². The van der Waals surface area contributed by atoms with Crippen LogP contribution < -0.4 is 4.74 Å². The van der Waals surface area contributed by atoms with Gasteiger partial charge >= 0.3 is 0 Å². The summed E-state index contributed by atoms with van der Waals surface area (Å²) in [5.74, 6) is 0.836. The van der Waals surface area contributed by atoms with Crippen molar-refractivity contribution in [2.24, 2.45) is 0 Å². The van der Waals surface area contributed by atoms with Gasteiger partial charge in [0.1, 0.15) is 17.5 Å². The van der Waals surface area contributed by atoms with E-state index in [1.54, 1.807) is 13.3 Å². The van der Waals surface area contributed by atoms with Gasteiger partial charge in [0.25, 0.3) is 0 Å². The second-order valence-corrected chi connectivity index (χ2v) is 4.66. The number of nitriles is 1. The van der Waals surface area contributed by atoms with E-state index in [1.165, 1.54) is 0 Å². The summed E-state index contributed by atoms with van der Waals surface area (Å²) in [6.07, 6.45) is 3.60. The summed E-state index contributed by atoms with van der Waals surface area (Å²) in [4.78, 5) is 0. The molecule has 1 aromatic carbocycles. The van der Waals surface area contributed by atoms with Gasteiger partial charge in [0, 0.05) is 28.2 Å². The van der Waals surface area contributed by atoms with Crippen molar-refractivity contribution < 1.29 is 4.74 Å². The quantitative estimate of drug-likeness (QED) is 0.792. The zero-order chi connectivity index (χ0) is 14.1. The molecule has 2 heterocycles. The van der Waals surface area contributed by atoms with Crippen LogP contribution in [0.15, 0.2) is 30.6 Å². The minimum Gasteiger partial charge on any atom is -0.496 e.